The number of ether oxygens (including phenoxy) is 1. The molecule has 0 radical (unpaired) electrons. The minimum atomic E-state index is 0.199. The lowest BCUT2D eigenvalue weighted by Gasteiger charge is -2.30. The van der Waals surface area contributed by atoms with Crippen LogP contribution in [0.2, 0.25) is 0 Å². The third-order valence-corrected chi connectivity index (χ3v) is 3.61. The third kappa shape index (κ3) is 2.20. The summed E-state index contributed by atoms with van der Waals surface area (Å²) in [6.07, 6.45) is 2.88. The van der Waals surface area contributed by atoms with Gasteiger partial charge in [-0.1, -0.05) is 12.1 Å². The van der Waals surface area contributed by atoms with Crippen LogP contribution in [0.5, 0.6) is 5.75 Å². The molecule has 18 heavy (non-hydrogen) atoms. The zero-order valence-corrected chi connectivity index (χ0v) is 10.4. The zero-order chi connectivity index (χ0) is 12.4. The fraction of sp³-hybridized carbons (Fsp3) is 0.500. The van der Waals surface area contributed by atoms with E-state index >= 15 is 0 Å². The molecule has 0 spiro atoms. The molecule has 3 rings (SSSR count). The number of benzene rings is 1. The van der Waals surface area contributed by atoms with E-state index in [-0.39, 0.29) is 5.91 Å². The van der Waals surface area contributed by atoms with Crippen molar-refractivity contribution in [2.75, 3.05) is 24.6 Å². The van der Waals surface area contributed by atoms with Gasteiger partial charge >= 0.3 is 0 Å². The molecule has 96 valence electrons. The van der Waals surface area contributed by atoms with Gasteiger partial charge < -0.3 is 15.0 Å². The van der Waals surface area contributed by atoms with E-state index in [1.54, 1.807) is 0 Å². The Kier molecular flexibility index (Phi) is 3.19. The van der Waals surface area contributed by atoms with Crippen LogP contribution in [0, 0.1) is 0 Å². The SMILES string of the molecule is O=C(CC1CCCN1)N1CCOc2ccccc21. The van der Waals surface area contributed by atoms with E-state index in [1.165, 1.54) is 6.42 Å². The summed E-state index contributed by atoms with van der Waals surface area (Å²) in [6.45, 7) is 2.28. The second kappa shape index (κ2) is 4.98. The number of fused-ring (bicyclic) bond motifs is 1. The van der Waals surface area contributed by atoms with Crippen LogP contribution in [0.25, 0.3) is 0 Å². The maximum atomic E-state index is 12.3. The molecule has 4 heteroatoms. The highest BCUT2D eigenvalue weighted by molar-refractivity contribution is 5.95. The van der Waals surface area contributed by atoms with E-state index in [0.29, 0.717) is 25.6 Å². The van der Waals surface area contributed by atoms with Crippen LogP contribution in [0.15, 0.2) is 24.3 Å². The number of para-hydroxylation sites is 2. The maximum absolute atomic E-state index is 12.3. The summed E-state index contributed by atoms with van der Waals surface area (Å²) >= 11 is 0. The Morgan fingerprint density at radius 2 is 2.33 bits per heavy atom. The van der Waals surface area contributed by atoms with E-state index in [4.69, 9.17) is 4.74 Å². The second-order valence-electron chi connectivity index (χ2n) is 4.86. The zero-order valence-electron chi connectivity index (χ0n) is 10.4. The number of nitrogens with zero attached hydrogens (tertiary/aromatic N) is 1. The number of amides is 1. The van der Waals surface area contributed by atoms with Gasteiger partial charge in [0.15, 0.2) is 0 Å². The van der Waals surface area contributed by atoms with E-state index < -0.39 is 0 Å². The van der Waals surface area contributed by atoms with Crippen molar-refractivity contribution in [1.29, 1.82) is 0 Å². The molecule has 0 saturated carbocycles. The van der Waals surface area contributed by atoms with Crippen molar-refractivity contribution in [2.24, 2.45) is 0 Å². The third-order valence-electron chi connectivity index (χ3n) is 3.61. The summed E-state index contributed by atoms with van der Waals surface area (Å²) in [5.41, 5.74) is 0.909. The fourth-order valence-electron chi connectivity index (χ4n) is 2.68. The van der Waals surface area contributed by atoms with Gasteiger partial charge in [0.2, 0.25) is 5.91 Å². The number of anilines is 1. The molecule has 1 unspecified atom stereocenters. The van der Waals surface area contributed by atoms with Crippen molar-refractivity contribution in [3.05, 3.63) is 24.3 Å². The lowest BCUT2D eigenvalue weighted by molar-refractivity contribution is -0.119. The first-order valence-corrected chi connectivity index (χ1v) is 6.60. The normalized spacial score (nSPS) is 22.4. The van der Waals surface area contributed by atoms with E-state index in [0.717, 1.165) is 24.4 Å². The summed E-state index contributed by atoms with van der Waals surface area (Å²) in [4.78, 5) is 14.2. The smallest absolute Gasteiger partial charge is 0.228 e. The minimum Gasteiger partial charge on any atom is -0.490 e. The molecule has 0 bridgehead atoms. The number of hydrogen-bond acceptors (Lipinski definition) is 3. The van der Waals surface area contributed by atoms with Gasteiger partial charge in [0.1, 0.15) is 12.4 Å². The van der Waals surface area contributed by atoms with Gasteiger partial charge in [-0.2, -0.15) is 0 Å². The molecule has 2 heterocycles. The summed E-state index contributed by atoms with van der Waals surface area (Å²) in [5, 5.41) is 3.37. The summed E-state index contributed by atoms with van der Waals surface area (Å²) in [7, 11) is 0. The highest BCUT2D eigenvalue weighted by atomic mass is 16.5. The Labute approximate surface area is 107 Å². The standard InChI is InChI=1S/C14H18N2O2/c17-14(10-11-4-3-7-15-11)16-8-9-18-13-6-2-1-5-12(13)16/h1-2,5-6,11,15H,3-4,7-10H2. The van der Waals surface area contributed by atoms with E-state index in [1.807, 2.05) is 29.2 Å². The summed E-state index contributed by atoms with van der Waals surface area (Å²) < 4.78 is 5.56. The van der Waals surface area contributed by atoms with Crippen molar-refractivity contribution in [3.8, 4) is 5.75 Å². The molecule has 1 saturated heterocycles. The Morgan fingerprint density at radius 1 is 1.44 bits per heavy atom. The molecule has 1 amide bonds. The number of carbonyl (C=O) groups is 1. The molecule has 1 aromatic rings. The molecule has 2 aliphatic rings. The first-order chi connectivity index (χ1) is 8.84. The van der Waals surface area contributed by atoms with Crippen LogP contribution in [-0.2, 0) is 4.79 Å². The van der Waals surface area contributed by atoms with Gasteiger partial charge in [0.05, 0.1) is 12.2 Å². The van der Waals surface area contributed by atoms with Crippen LogP contribution in [0.1, 0.15) is 19.3 Å². The Morgan fingerprint density at radius 3 is 3.17 bits per heavy atom. The van der Waals surface area contributed by atoms with Crippen LogP contribution >= 0.6 is 0 Å². The van der Waals surface area contributed by atoms with Gasteiger partial charge in [0.25, 0.3) is 0 Å². The fourth-order valence-corrected chi connectivity index (χ4v) is 2.68. The maximum Gasteiger partial charge on any atom is 0.228 e. The van der Waals surface area contributed by atoms with Gasteiger partial charge in [0, 0.05) is 12.5 Å². The lowest BCUT2D eigenvalue weighted by Crippen LogP contribution is -2.40. The molecular formula is C14H18N2O2. The van der Waals surface area contributed by atoms with E-state index in [2.05, 4.69) is 5.32 Å². The Hall–Kier alpha value is -1.55. The highest BCUT2D eigenvalue weighted by Crippen LogP contribution is 2.31. The van der Waals surface area contributed by atoms with Crippen molar-refractivity contribution >= 4 is 11.6 Å². The van der Waals surface area contributed by atoms with Gasteiger partial charge in [-0.3, -0.25) is 4.79 Å². The van der Waals surface area contributed by atoms with Crippen molar-refractivity contribution in [3.63, 3.8) is 0 Å². The Bertz CT molecular complexity index is 441. The van der Waals surface area contributed by atoms with Crippen LogP contribution in [-0.4, -0.2) is 31.6 Å². The molecule has 4 nitrogen and oxygen atoms in total. The predicted octanol–water partition coefficient (Wildman–Crippen LogP) is 1.55. The number of hydrogen-bond donors (Lipinski definition) is 1. The molecule has 1 fully saturated rings. The molecule has 0 aromatic heterocycles. The quantitative estimate of drug-likeness (QED) is 0.861. The van der Waals surface area contributed by atoms with Gasteiger partial charge in [-0.15, -0.1) is 0 Å². The topological polar surface area (TPSA) is 41.6 Å². The van der Waals surface area contributed by atoms with Crippen molar-refractivity contribution in [1.82, 2.24) is 5.32 Å². The van der Waals surface area contributed by atoms with Crippen molar-refractivity contribution < 1.29 is 9.53 Å². The monoisotopic (exact) mass is 246 g/mol. The predicted molar refractivity (Wildman–Crippen MR) is 69.9 cm³/mol. The first-order valence-electron chi connectivity index (χ1n) is 6.60. The number of rotatable bonds is 2. The second-order valence-corrected chi connectivity index (χ2v) is 4.86. The van der Waals surface area contributed by atoms with Crippen LogP contribution < -0.4 is 15.0 Å². The minimum absolute atomic E-state index is 0.199. The van der Waals surface area contributed by atoms with E-state index in [9.17, 15) is 4.79 Å². The first kappa shape index (κ1) is 11.5. The van der Waals surface area contributed by atoms with Crippen molar-refractivity contribution in [2.45, 2.75) is 25.3 Å². The average molecular weight is 246 g/mol. The highest BCUT2D eigenvalue weighted by Gasteiger charge is 2.26. The summed E-state index contributed by atoms with van der Waals surface area (Å²) in [6, 6.07) is 8.11. The number of carbonyl (C=O) groups excluding carboxylic acids is 1. The van der Waals surface area contributed by atoms with Crippen LogP contribution in [0.4, 0.5) is 5.69 Å². The number of nitrogens with one attached hydrogen (secondary N) is 1. The molecule has 1 atom stereocenters. The van der Waals surface area contributed by atoms with Crippen LogP contribution in [0.3, 0.4) is 0 Å². The average Bonchev–Trinajstić information content (AvgIpc) is 2.91. The molecule has 2 aliphatic heterocycles. The lowest BCUT2D eigenvalue weighted by atomic mass is 10.1. The molecule has 0 aliphatic carbocycles. The van der Waals surface area contributed by atoms with Gasteiger partial charge in [-0.05, 0) is 31.5 Å². The summed E-state index contributed by atoms with van der Waals surface area (Å²) in [5.74, 6) is 1.02. The Balaban J connectivity index is 1.74. The molecule has 1 aromatic carbocycles. The largest absolute Gasteiger partial charge is 0.490 e. The molecule has 1 N–H and O–H groups in total. The molecular weight excluding hydrogens is 228 g/mol. The van der Waals surface area contributed by atoms with Gasteiger partial charge in [-0.25, -0.2) is 0 Å².